The Morgan fingerprint density at radius 1 is 1.23 bits per heavy atom. The van der Waals surface area contributed by atoms with Crippen molar-refractivity contribution in [3.8, 4) is 0 Å². The van der Waals surface area contributed by atoms with Crippen molar-refractivity contribution in [2.45, 2.75) is 45.2 Å². The molecule has 0 spiro atoms. The predicted molar refractivity (Wildman–Crippen MR) is 108 cm³/mol. The Labute approximate surface area is 163 Å². The van der Waals surface area contributed by atoms with Gasteiger partial charge in [0.2, 0.25) is 5.91 Å². The summed E-state index contributed by atoms with van der Waals surface area (Å²) in [4.78, 5) is 18.5. The number of fused-ring (bicyclic) bond motifs is 1. The molecule has 26 heavy (non-hydrogen) atoms. The Kier molecular flexibility index (Phi) is 4.84. The zero-order chi connectivity index (χ0) is 19.3. The van der Waals surface area contributed by atoms with Gasteiger partial charge in [0.25, 0.3) is 0 Å². The molecule has 3 N–H and O–H groups in total. The first-order valence-electron chi connectivity index (χ1n) is 8.58. The molecule has 1 aliphatic heterocycles. The van der Waals surface area contributed by atoms with Gasteiger partial charge in [-0.15, -0.1) is 0 Å². The molecule has 0 atom stereocenters. The van der Waals surface area contributed by atoms with E-state index in [1.54, 1.807) is 6.07 Å². The lowest BCUT2D eigenvalue weighted by molar-refractivity contribution is -0.117. The van der Waals surface area contributed by atoms with E-state index in [0.29, 0.717) is 15.7 Å². The summed E-state index contributed by atoms with van der Waals surface area (Å²) in [5.41, 5.74) is 7.54. The number of rotatable bonds is 3. The summed E-state index contributed by atoms with van der Waals surface area (Å²) in [6, 6.07) is 5.39. The van der Waals surface area contributed by atoms with Crippen molar-refractivity contribution in [2.75, 3.05) is 18.0 Å². The second-order valence-electron chi connectivity index (χ2n) is 8.28. The highest BCUT2D eigenvalue weighted by Gasteiger charge is 2.38. The van der Waals surface area contributed by atoms with Crippen LogP contribution in [-0.2, 0) is 11.2 Å². The topological polar surface area (TPSA) is 71.2 Å². The van der Waals surface area contributed by atoms with Gasteiger partial charge < -0.3 is 16.0 Å². The van der Waals surface area contributed by atoms with Gasteiger partial charge >= 0.3 is 0 Å². The molecule has 1 aromatic heterocycles. The van der Waals surface area contributed by atoms with E-state index in [9.17, 15) is 4.79 Å². The number of anilines is 1. The van der Waals surface area contributed by atoms with Gasteiger partial charge in [-0.25, -0.2) is 4.98 Å². The largest absolute Gasteiger partial charge is 0.369 e. The van der Waals surface area contributed by atoms with Gasteiger partial charge in [-0.2, -0.15) is 0 Å². The molecule has 3 rings (SSSR count). The summed E-state index contributed by atoms with van der Waals surface area (Å²) in [5.74, 6) is -0.413. The van der Waals surface area contributed by atoms with E-state index in [-0.39, 0.29) is 17.5 Å². The number of pyridine rings is 1. The number of amides is 1. The maximum absolute atomic E-state index is 11.8. The number of carbonyl (C=O) groups is 1. The second kappa shape index (κ2) is 6.55. The van der Waals surface area contributed by atoms with Crippen LogP contribution in [0.4, 0.5) is 5.69 Å². The third-order valence-electron chi connectivity index (χ3n) is 4.50. The van der Waals surface area contributed by atoms with Gasteiger partial charge in [-0.1, -0.05) is 23.2 Å². The molecule has 1 aromatic carbocycles. The van der Waals surface area contributed by atoms with Crippen LogP contribution in [0.15, 0.2) is 18.2 Å². The quantitative estimate of drug-likeness (QED) is 0.780. The number of nitrogens with two attached hydrogens (primary N) is 1. The molecular formula is C19H24Cl2N4O. The molecule has 2 heterocycles. The van der Waals surface area contributed by atoms with Crippen molar-refractivity contribution >= 4 is 45.7 Å². The van der Waals surface area contributed by atoms with Crippen LogP contribution in [0.25, 0.3) is 10.9 Å². The van der Waals surface area contributed by atoms with E-state index >= 15 is 0 Å². The van der Waals surface area contributed by atoms with E-state index in [1.807, 2.05) is 12.1 Å². The van der Waals surface area contributed by atoms with Gasteiger partial charge in [0.1, 0.15) is 0 Å². The Hall–Kier alpha value is -1.56. The molecule has 1 aliphatic rings. The molecule has 5 nitrogen and oxygen atoms in total. The standard InChI is InChI=1S/C19H24Cl2N4O/c1-18(2)9-25(10-19(3,4)24-18)16-13(8-15(22)26)12-7-11(20)5-6-14(12)23-17(16)21/h5-7,24H,8-10H2,1-4H3,(H2,22,26). The fourth-order valence-corrected chi connectivity index (χ4v) is 4.59. The molecule has 0 bridgehead atoms. The number of primary amides is 1. The minimum absolute atomic E-state index is 0.0825. The fourth-order valence-electron chi connectivity index (χ4n) is 4.10. The molecule has 0 saturated carbocycles. The average Bonchev–Trinajstić information content (AvgIpc) is 2.44. The summed E-state index contributed by atoms with van der Waals surface area (Å²) in [5, 5.41) is 5.41. The number of nitrogens with zero attached hydrogens (tertiary/aromatic N) is 2. The summed E-state index contributed by atoms with van der Waals surface area (Å²) >= 11 is 12.8. The Bertz CT molecular complexity index is 863. The average molecular weight is 395 g/mol. The second-order valence-corrected chi connectivity index (χ2v) is 9.08. The summed E-state index contributed by atoms with van der Waals surface area (Å²) in [6.07, 6.45) is 0.0825. The van der Waals surface area contributed by atoms with E-state index < -0.39 is 5.91 Å². The van der Waals surface area contributed by atoms with Gasteiger partial charge in [0.05, 0.1) is 17.6 Å². The van der Waals surface area contributed by atoms with Crippen molar-refractivity contribution in [1.82, 2.24) is 10.3 Å². The van der Waals surface area contributed by atoms with Crippen LogP contribution in [0.2, 0.25) is 10.2 Å². The molecule has 140 valence electrons. The minimum atomic E-state index is -0.413. The van der Waals surface area contributed by atoms with Crippen molar-refractivity contribution in [1.29, 1.82) is 0 Å². The number of piperazine rings is 1. The van der Waals surface area contributed by atoms with Crippen molar-refractivity contribution < 1.29 is 4.79 Å². The van der Waals surface area contributed by atoms with Gasteiger partial charge in [0.15, 0.2) is 5.15 Å². The number of nitrogens with one attached hydrogen (secondary N) is 1. The minimum Gasteiger partial charge on any atom is -0.369 e. The van der Waals surface area contributed by atoms with E-state index in [1.165, 1.54) is 0 Å². The van der Waals surface area contributed by atoms with Crippen LogP contribution in [0.3, 0.4) is 0 Å². The molecule has 0 unspecified atom stereocenters. The van der Waals surface area contributed by atoms with E-state index in [0.717, 1.165) is 29.7 Å². The number of benzene rings is 1. The van der Waals surface area contributed by atoms with Crippen LogP contribution in [0.1, 0.15) is 33.3 Å². The third kappa shape index (κ3) is 3.90. The number of carbonyl (C=O) groups excluding carboxylic acids is 1. The number of halogens is 2. The van der Waals surface area contributed by atoms with Crippen LogP contribution in [0, 0.1) is 0 Å². The highest BCUT2D eigenvalue weighted by molar-refractivity contribution is 6.33. The maximum Gasteiger partial charge on any atom is 0.221 e. The van der Waals surface area contributed by atoms with Crippen molar-refractivity contribution in [3.63, 3.8) is 0 Å². The van der Waals surface area contributed by atoms with Gasteiger partial charge in [-0.3, -0.25) is 4.79 Å². The van der Waals surface area contributed by atoms with Gasteiger partial charge in [-0.05, 0) is 51.5 Å². The molecule has 2 aromatic rings. The number of aromatic nitrogens is 1. The van der Waals surface area contributed by atoms with Crippen molar-refractivity contribution in [3.05, 3.63) is 33.9 Å². The summed E-state index contributed by atoms with van der Waals surface area (Å²) in [6.45, 7) is 10.1. The molecule has 1 saturated heterocycles. The molecule has 7 heteroatoms. The zero-order valence-corrected chi connectivity index (χ0v) is 17.0. The van der Waals surface area contributed by atoms with Crippen LogP contribution in [0.5, 0.6) is 0 Å². The lowest BCUT2D eigenvalue weighted by Gasteiger charge is -2.49. The van der Waals surface area contributed by atoms with Crippen LogP contribution < -0.4 is 16.0 Å². The van der Waals surface area contributed by atoms with E-state index in [2.05, 4.69) is 42.9 Å². The first-order valence-corrected chi connectivity index (χ1v) is 9.33. The Morgan fingerprint density at radius 2 is 1.85 bits per heavy atom. The Balaban J connectivity index is 2.24. The molecule has 1 fully saturated rings. The highest BCUT2D eigenvalue weighted by atomic mass is 35.5. The molecule has 0 aliphatic carbocycles. The SMILES string of the molecule is CC1(C)CN(c2c(Cl)nc3ccc(Cl)cc3c2CC(N)=O)CC(C)(C)N1. The Morgan fingerprint density at radius 3 is 2.42 bits per heavy atom. The molecular weight excluding hydrogens is 371 g/mol. The first-order chi connectivity index (χ1) is 12.0. The van der Waals surface area contributed by atoms with E-state index in [4.69, 9.17) is 28.9 Å². The highest BCUT2D eigenvalue weighted by Crippen LogP contribution is 2.38. The van der Waals surface area contributed by atoms with Crippen LogP contribution >= 0.6 is 23.2 Å². The lowest BCUT2D eigenvalue weighted by Crippen LogP contribution is -2.67. The van der Waals surface area contributed by atoms with Crippen molar-refractivity contribution in [2.24, 2.45) is 5.73 Å². The monoisotopic (exact) mass is 394 g/mol. The lowest BCUT2D eigenvalue weighted by atomic mass is 9.90. The van der Waals surface area contributed by atoms with Gasteiger partial charge in [0, 0.05) is 34.6 Å². The predicted octanol–water partition coefficient (Wildman–Crippen LogP) is 3.54. The molecule has 0 radical (unpaired) electrons. The smallest absolute Gasteiger partial charge is 0.221 e. The summed E-state index contributed by atoms with van der Waals surface area (Å²) < 4.78 is 0. The third-order valence-corrected chi connectivity index (χ3v) is 5.00. The molecule has 1 amide bonds. The fraction of sp³-hybridized carbons (Fsp3) is 0.474. The summed E-state index contributed by atoms with van der Waals surface area (Å²) in [7, 11) is 0. The zero-order valence-electron chi connectivity index (χ0n) is 15.5. The first kappa shape index (κ1) is 19.2. The normalized spacial score (nSPS) is 18.9. The number of hydrogen-bond acceptors (Lipinski definition) is 4. The maximum atomic E-state index is 11.8. The number of hydrogen-bond donors (Lipinski definition) is 2. The van der Waals surface area contributed by atoms with Crippen LogP contribution in [-0.4, -0.2) is 35.1 Å².